The van der Waals surface area contributed by atoms with Crippen LogP contribution in [0.2, 0.25) is 0 Å². The lowest BCUT2D eigenvalue weighted by molar-refractivity contribution is 0.0932. The highest BCUT2D eigenvalue weighted by atomic mass is 16.5. The van der Waals surface area contributed by atoms with Gasteiger partial charge in [-0.2, -0.15) is 0 Å². The van der Waals surface area contributed by atoms with Crippen molar-refractivity contribution in [3.8, 4) is 17.2 Å². The summed E-state index contributed by atoms with van der Waals surface area (Å²) in [5.74, 6) is 0.729. The lowest BCUT2D eigenvalue weighted by Gasteiger charge is -2.17. The van der Waals surface area contributed by atoms with Crippen molar-refractivity contribution in [3.05, 3.63) is 17.7 Å². The van der Waals surface area contributed by atoms with Crippen LogP contribution in [-0.2, 0) is 0 Å². The summed E-state index contributed by atoms with van der Waals surface area (Å²) in [5.41, 5.74) is 0.478. The maximum Gasteiger partial charge on any atom is 0.170 e. The van der Waals surface area contributed by atoms with E-state index in [1.807, 2.05) is 0 Å². The fourth-order valence-corrected chi connectivity index (χ4v) is 1.44. The molecule has 0 bridgehead atoms. The minimum atomic E-state index is -0.0130. The molecule has 0 aromatic heterocycles. The first-order chi connectivity index (χ1) is 6.72. The molecule has 0 saturated carbocycles. The molecule has 2 rings (SSSR count). The molecule has 0 fully saturated rings. The molecule has 1 aromatic rings. The number of Topliss-reactive ketones (excluding diaryl/α,β-unsaturated/α-hetero) is 1. The molecule has 74 valence electrons. The van der Waals surface area contributed by atoms with Gasteiger partial charge in [-0.15, -0.1) is 0 Å². The molecule has 0 unspecified atom stereocenters. The standard InChI is InChI=1S/C10H10O4/c1-13-10-4-6-7(11)2-3-14-9(6)5-8(10)12/h4-5,12H,2-3H2,1H3. The maximum atomic E-state index is 11.4. The molecule has 0 aliphatic carbocycles. The number of ether oxygens (including phenoxy) is 2. The highest BCUT2D eigenvalue weighted by molar-refractivity contribution is 6.00. The van der Waals surface area contributed by atoms with Crippen LogP contribution in [0.1, 0.15) is 16.8 Å². The van der Waals surface area contributed by atoms with Crippen LogP contribution in [0.3, 0.4) is 0 Å². The molecule has 1 heterocycles. The molecule has 14 heavy (non-hydrogen) atoms. The number of ketones is 1. The molecule has 0 atom stereocenters. The highest BCUT2D eigenvalue weighted by Crippen LogP contribution is 2.35. The van der Waals surface area contributed by atoms with Crippen LogP contribution in [0.15, 0.2) is 12.1 Å². The highest BCUT2D eigenvalue weighted by Gasteiger charge is 2.21. The maximum absolute atomic E-state index is 11.4. The van der Waals surface area contributed by atoms with Gasteiger partial charge in [-0.1, -0.05) is 0 Å². The number of phenols is 1. The molecule has 4 nitrogen and oxygen atoms in total. The molecule has 0 spiro atoms. The third kappa shape index (κ3) is 1.28. The number of rotatable bonds is 1. The van der Waals surface area contributed by atoms with Gasteiger partial charge in [0, 0.05) is 12.5 Å². The number of phenolic OH excluding ortho intramolecular Hbond substituents is 1. The van der Waals surface area contributed by atoms with Gasteiger partial charge >= 0.3 is 0 Å². The van der Waals surface area contributed by atoms with Crippen molar-refractivity contribution in [3.63, 3.8) is 0 Å². The third-order valence-electron chi connectivity index (χ3n) is 2.17. The van der Waals surface area contributed by atoms with Crippen molar-refractivity contribution in [2.24, 2.45) is 0 Å². The molecule has 1 aliphatic heterocycles. The second kappa shape index (κ2) is 3.21. The van der Waals surface area contributed by atoms with E-state index in [0.717, 1.165) is 0 Å². The number of aromatic hydroxyl groups is 1. The topological polar surface area (TPSA) is 55.8 Å². The van der Waals surface area contributed by atoms with Gasteiger partial charge in [0.05, 0.1) is 19.3 Å². The predicted molar refractivity (Wildman–Crippen MR) is 49.1 cm³/mol. The quantitative estimate of drug-likeness (QED) is 0.733. The Morgan fingerprint density at radius 2 is 2.29 bits per heavy atom. The predicted octanol–water partition coefficient (Wildman–Crippen LogP) is 1.37. The first-order valence-electron chi connectivity index (χ1n) is 4.29. The smallest absolute Gasteiger partial charge is 0.170 e. The number of fused-ring (bicyclic) bond motifs is 1. The van der Waals surface area contributed by atoms with E-state index in [0.29, 0.717) is 30.1 Å². The van der Waals surface area contributed by atoms with Gasteiger partial charge in [0.1, 0.15) is 5.75 Å². The molecule has 0 radical (unpaired) electrons. The SMILES string of the molecule is COc1cc2c(cc1O)OCCC2=O. The average Bonchev–Trinajstić information content (AvgIpc) is 2.17. The summed E-state index contributed by atoms with van der Waals surface area (Å²) < 4.78 is 10.1. The molecule has 0 amide bonds. The normalized spacial score (nSPS) is 14.5. The second-order valence-corrected chi connectivity index (χ2v) is 3.04. The van der Waals surface area contributed by atoms with Crippen molar-refractivity contribution < 1.29 is 19.4 Å². The van der Waals surface area contributed by atoms with Crippen LogP contribution in [0.4, 0.5) is 0 Å². The monoisotopic (exact) mass is 194 g/mol. The summed E-state index contributed by atoms with van der Waals surface area (Å²) in [6.45, 7) is 0.373. The summed E-state index contributed by atoms with van der Waals surface area (Å²) in [5, 5.41) is 9.44. The lowest BCUT2D eigenvalue weighted by Crippen LogP contribution is -2.15. The van der Waals surface area contributed by atoms with E-state index in [2.05, 4.69) is 0 Å². The summed E-state index contributed by atoms with van der Waals surface area (Å²) in [7, 11) is 1.44. The minimum Gasteiger partial charge on any atom is -0.504 e. The van der Waals surface area contributed by atoms with Crippen molar-refractivity contribution in [2.75, 3.05) is 13.7 Å². The van der Waals surface area contributed by atoms with E-state index in [4.69, 9.17) is 9.47 Å². The average molecular weight is 194 g/mol. The first-order valence-corrected chi connectivity index (χ1v) is 4.29. The van der Waals surface area contributed by atoms with Gasteiger partial charge < -0.3 is 14.6 Å². The first kappa shape index (κ1) is 8.87. The number of methoxy groups -OCH3 is 1. The van der Waals surface area contributed by atoms with Crippen LogP contribution in [0.25, 0.3) is 0 Å². The number of hydrogen-bond donors (Lipinski definition) is 1. The summed E-state index contributed by atoms with van der Waals surface area (Å²) in [6.07, 6.45) is 0.376. The van der Waals surface area contributed by atoms with E-state index in [1.165, 1.54) is 19.2 Å². The van der Waals surface area contributed by atoms with E-state index in [9.17, 15) is 9.90 Å². The van der Waals surface area contributed by atoms with Crippen LogP contribution in [-0.4, -0.2) is 24.6 Å². The van der Waals surface area contributed by atoms with Crippen LogP contribution >= 0.6 is 0 Å². The Labute approximate surface area is 81.1 Å². The largest absolute Gasteiger partial charge is 0.504 e. The molecule has 0 saturated heterocycles. The summed E-state index contributed by atoms with van der Waals surface area (Å²) in [4.78, 5) is 11.4. The molecule has 1 N–H and O–H groups in total. The molecule has 1 aliphatic rings. The minimum absolute atomic E-state index is 0.0130. The van der Waals surface area contributed by atoms with E-state index in [1.54, 1.807) is 0 Å². The molecule has 4 heteroatoms. The third-order valence-corrected chi connectivity index (χ3v) is 2.17. The fraction of sp³-hybridized carbons (Fsp3) is 0.300. The Morgan fingerprint density at radius 3 is 3.00 bits per heavy atom. The Balaban J connectivity index is 2.54. The molecular weight excluding hydrogens is 184 g/mol. The number of carbonyl (C=O) groups excluding carboxylic acids is 1. The zero-order valence-electron chi connectivity index (χ0n) is 7.74. The van der Waals surface area contributed by atoms with Crippen molar-refractivity contribution in [1.82, 2.24) is 0 Å². The van der Waals surface area contributed by atoms with Gasteiger partial charge in [0.25, 0.3) is 0 Å². The Kier molecular flexibility index (Phi) is 2.04. The van der Waals surface area contributed by atoms with Crippen molar-refractivity contribution in [1.29, 1.82) is 0 Å². The molecular formula is C10H10O4. The van der Waals surface area contributed by atoms with Gasteiger partial charge in [0.2, 0.25) is 0 Å². The van der Waals surface area contributed by atoms with Crippen LogP contribution in [0, 0.1) is 0 Å². The lowest BCUT2D eigenvalue weighted by atomic mass is 10.0. The van der Waals surface area contributed by atoms with Crippen LogP contribution < -0.4 is 9.47 Å². The fourth-order valence-electron chi connectivity index (χ4n) is 1.44. The van der Waals surface area contributed by atoms with Crippen molar-refractivity contribution >= 4 is 5.78 Å². The summed E-state index contributed by atoms with van der Waals surface area (Å²) in [6, 6.07) is 2.91. The Morgan fingerprint density at radius 1 is 1.50 bits per heavy atom. The van der Waals surface area contributed by atoms with Gasteiger partial charge in [-0.3, -0.25) is 4.79 Å². The second-order valence-electron chi connectivity index (χ2n) is 3.04. The van der Waals surface area contributed by atoms with Crippen molar-refractivity contribution in [2.45, 2.75) is 6.42 Å². The zero-order chi connectivity index (χ0) is 10.1. The molecule has 1 aromatic carbocycles. The number of carbonyl (C=O) groups is 1. The zero-order valence-corrected chi connectivity index (χ0v) is 7.74. The van der Waals surface area contributed by atoms with Gasteiger partial charge in [0.15, 0.2) is 17.3 Å². The van der Waals surface area contributed by atoms with Crippen LogP contribution in [0.5, 0.6) is 17.2 Å². The van der Waals surface area contributed by atoms with Gasteiger partial charge in [-0.25, -0.2) is 0 Å². The van der Waals surface area contributed by atoms with E-state index >= 15 is 0 Å². The summed E-state index contributed by atoms with van der Waals surface area (Å²) >= 11 is 0. The van der Waals surface area contributed by atoms with E-state index in [-0.39, 0.29) is 11.5 Å². The van der Waals surface area contributed by atoms with Gasteiger partial charge in [-0.05, 0) is 6.07 Å². The Hall–Kier alpha value is -1.71. The Bertz CT molecular complexity index is 384. The van der Waals surface area contributed by atoms with E-state index < -0.39 is 0 Å². The number of benzene rings is 1. The number of hydrogen-bond acceptors (Lipinski definition) is 4.